The van der Waals surface area contributed by atoms with Crippen molar-refractivity contribution in [1.29, 1.82) is 5.53 Å². The Kier molecular flexibility index (Phi) is 5.26. The average molecular weight is 369 g/mol. The molecule has 1 fully saturated rings. The number of para-hydroxylation sites is 2. The molecule has 7 heteroatoms. The van der Waals surface area contributed by atoms with E-state index in [9.17, 15) is 0 Å². The van der Waals surface area contributed by atoms with Crippen molar-refractivity contribution in [3.8, 4) is 0 Å². The van der Waals surface area contributed by atoms with E-state index in [1.165, 1.54) is 16.3 Å². The number of aryl methyl sites for hydroxylation is 1. The summed E-state index contributed by atoms with van der Waals surface area (Å²) in [7, 11) is 0. The van der Waals surface area contributed by atoms with E-state index >= 15 is 0 Å². The van der Waals surface area contributed by atoms with E-state index in [1.807, 2.05) is 24.3 Å². The summed E-state index contributed by atoms with van der Waals surface area (Å²) in [6, 6.07) is 7.71. The molecular formula is C19H24N6S. The molecule has 1 aromatic heterocycles. The van der Waals surface area contributed by atoms with Crippen LogP contribution < -0.4 is 10.2 Å². The minimum atomic E-state index is 0.693. The molecule has 0 amide bonds. The van der Waals surface area contributed by atoms with E-state index in [-0.39, 0.29) is 0 Å². The number of hydrogen-bond donors (Lipinski definition) is 2. The zero-order valence-corrected chi connectivity index (χ0v) is 15.6. The smallest absolute Gasteiger partial charge is 0.149 e. The Bertz CT molecular complexity index is 791. The number of rotatable bonds is 6. The predicted molar refractivity (Wildman–Crippen MR) is 108 cm³/mol. The van der Waals surface area contributed by atoms with Gasteiger partial charge in [-0.15, -0.1) is 0 Å². The van der Waals surface area contributed by atoms with Gasteiger partial charge in [0.05, 0.1) is 5.69 Å². The van der Waals surface area contributed by atoms with Crippen LogP contribution in [0.2, 0.25) is 0 Å². The lowest BCUT2D eigenvalue weighted by atomic mass is 10.1. The van der Waals surface area contributed by atoms with Crippen LogP contribution in [0, 0.1) is 5.53 Å². The molecule has 136 valence electrons. The van der Waals surface area contributed by atoms with Gasteiger partial charge in [-0.05, 0) is 36.5 Å². The fraction of sp³-hybridized carbons (Fsp3) is 0.421. The minimum absolute atomic E-state index is 0.693. The highest BCUT2D eigenvalue weighted by Gasteiger charge is 2.23. The molecule has 0 saturated carbocycles. The monoisotopic (exact) mass is 368 g/mol. The normalized spacial score (nSPS) is 17.2. The summed E-state index contributed by atoms with van der Waals surface area (Å²) in [6.45, 7) is 6.03. The zero-order valence-electron chi connectivity index (χ0n) is 14.8. The summed E-state index contributed by atoms with van der Waals surface area (Å²) in [5, 5.41) is 6.97. The molecule has 2 aliphatic rings. The number of hydrogen-bond acceptors (Lipinski definition) is 7. The first-order valence-corrected chi connectivity index (χ1v) is 9.95. The van der Waals surface area contributed by atoms with Crippen molar-refractivity contribution in [2.75, 3.05) is 49.5 Å². The highest BCUT2D eigenvalue weighted by molar-refractivity contribution is 7.06. The van der Waals surface area contributed by atoms with Crippen LogP contribution in [-0.2, 0) is 6.42 Å². The Balaban J connectivity index is 1.27. The molecule has 6 nitrogen and oxygen atoms in total. The standard InChI is InChI=1S/C19H24N6S/c20-22-17-7-3-2-6-16(17)21-9-10-24-11-13-25(14-12-24)19-15-5-1-4-8-18(15)26-23-19/h1-3,5-7,20-21H,4,8-14H2. The molecule has 1 aromatic carbocycles. The number of aromatic nitrogens is 1. The summed E-state index contributed by atoms with van der Waals surface area (Å²) < 4.78 is 4.72. The summed E-state index contributed by atoms with van der Waals surface area (Å²) in [4.78, 5) is 6.36. The summed E-state index contributed by atoms with van der Waals surface area (Å²) in [6.07, 6.45) is 6.80. The number of allylic oxidation sites excluding steroid dienone is 1. The Labute approximate surface area is 158 Å². The van der Waals surface area contributed by atoms with Crippen LogP contribution in [0.15, 0.2) is 35.5 Å². The highest BCUT2D eigenvalue weighted by Crippen LogP contribution is 2.32. The van der Waals surface area contributed by atoms with Gasteiger partial charge in [-0.2, -0.15) is 9.49 Å². The number of benzene rings is 1. The van der Waals surface area contributed by atoms with Gasteiger partial charge < -0.3 is 10.2 Å². The number of piperazine rings is 1. The van der Waals surface area contributed by atoms with Gasteiger partial charge in [0, 0.05) is 49.7 Å². The van der Waals surface area contributed by atoms with Crippen LogP contribution in [0.25, 0.3) is 6.08 Å². The quantitative estimate of drug-likeness (QED) is 0.756. The fourth-order valence-electron chi connectivity index (χ4n) is 3.57. The first-order chi connectivity index (χ1) is 12.8. The average Bonchev–Trinajstić information content (AvgIpc) is 3.13. The molecule has 4 rings (SSSR count). The van der Waals surface area contributed by atoms with Crippen molar-refractivity contribution in [1.82, 2.24) is 9.27 Å². The third-order valence-corrected chi connectivity index (χ3v) is 5.95. The Morgan fingerprint density at radius 1 is 1.19 bits per heavy atom. The largest absolute Gasteiger partial charge is 0.382 e. The van der Waals surface area contributed by atoms with Crippen molar-refractivity contribution in [2.24, 2.45) is 5.11 Å². The highest BCUT2D eigenvalue weighted by atomic mass is 32.1. The van der Waals surface area contributed by atoms with Crippen molar-refractivity contribution in [2.45, 2.75) is 12.8 Å². The van der Waals surface area contributed by atoms with Crippen molar-refractivity contribution >= 4 is 34.8 Å². The SMILES string of the molecule is N=Nc1ccccc1NCCN1CCN(c2nsc3c2C=CCC3)CC1. The van der Waals surface area contributed by atoms with Gasteiger partial charge in [-0.3, -0.25) is 4.90 Å². The molecule has 0 atom stereocenters. The van der Waals surface area contributed by atoms with Gasteiger partial charge in [0.15, 0.2) is 0 Å². The van der Waals surface area contributed by atoms with E-state index in [2.05, 4.69) is 32.4 Å². The van der Waals surface area contributed by atoms with Crippen molar-refractivity contribution in [3.63, 3.8) is 0 Å². The topological polar surface area (TPSA) is 67.6 Å². The van der Waals surface area contributed by atoms with E-state index in [0.29, 0.717) is 5.69 Å². The van der Waals surface area contributed by atoms with Gasteiger partial charge in [-0.1, -0.05) is 24.3 Å². The van der Waals surface area contributed by atoms with E-state index < -0.39 is 0 Å². The second-order valence-electron chi connectivity index (χ2n) is 6.67. The third kappa shape index (κ3) is 3.64. The van der Waals surface area contributed by atoms with Crippen LogP contribution in [0.3, 0.4) is 0 Å². The van der Waals surface area contributed by atoms with Crippen molar-refractivity contribution < 1.29 is 0 Å². The lowest BCUT2D eigenvalue weighted by Crippen LogP contribution is -2.48. The molecule has 1 aliphatic carbocycles. The Morgan fingerprint density at radius 2 is 2.04 bits per heavy atom. The van der Waals surface area contributed by atoms with Crippen LogP contribution in [0.4, 0.5) is 17.2 Å². The summed E-state index contributed by atoms with van der Waals surface area (Å²) >= 11 is 1.67. The predicted octanol–water partition coefficient (Wildman–Crippen LogP) is 4.00. The Morgan fingerprint density at radius 3 is 2.88 bits per heavy atom. The molecular weight excluding hydrogens is 344 g/mol. The maximum atomic E-state index is 7.23. The maximum Gasteiger partial charge on any atom is 0.149 e. The second kappa shape index (κ2) is 7.97. The second-order valence-corrected chi connectivity index (χ2v) is 7.53. The first kappa shape index (κ1) is 17.2. The Hall–Kier alpha value is -2.25. The molecule has 1 aliphatic heterocycles. The van der Waals surface area contributed by atoms with Crippen LogP contribution >= 0.6 is 11.5 Å². The van der Waals surface area contributed by atoms with Crippen LogP contribution in [0.5, 0.6) is 0 Å². The van der Waals surface area contributed by atoms with E-state index in [4.69, 9.17) is 9.90 Å². The molecule has 2 aromatic rings. The molecule has 0 spiro atoms. The molecule has 2 N–H and O–H groups in total. The lowest BCUT2D eigenvalue weighted by Gasteiger charge is -2.35. The van der Waals surface area contributed by atoms with Gasteiger partial charge in [0.25, 0.3) is 0 Å². The van der Waals surface area contributed by atoms with E-state index in [0.717, 1.165) is 57.8 Å². The van der Waals surface area contributed by atoms with Crippen LogP contribution in [0.1, 0.15) is 16.9 Å². The maximum absolute atomic E-state index is 7.23. The molecule has 26 heavy (non-hydrogen) atoms. The molecule has 0 unspecified atom stereocenters. The third-order valence-electron chi connectivity index (χ3n) is 5.05. The fourth-order valence-corrected chi connectivity index (χ4v) is 4.44. The number of anilines is 2. The van der Waals surface area contributed by atoms with Crippen LogP contribution in [-0.4, -0.2) is 48.5 Å². The zero-order chi connectivity index (χ0) is 17.8. The number of fused-ring (bicyclic) bond motifs is 1. The lowest BCUT2D eigenvalue weighted by molar-refractivity contribution is 0.267. The summed E-state index contributed by atoms with van der Waals surface area (Å²) in [5.41, 5.74) is 10.2. The first-order valence-electron chi connectivity index (χ1n) is 9.18. The minimum Gasteiger partial charge on any atom is -0.382 e. The molecule has 0 bridgehead atoms. The number of nitrogens with zero attached hydrogens (tertiary/aromatic N) is 4. The van der Waals surface area contributed by atoms with Gasteiger partial charge >= 0.3 is 0 Å². The number of nitrogens with one attached hydrogen (secondary N) is 2. The molecule has 2 heterocycles. The van der Waals surface area contributed by atoms with E-state index in [1.54, 1.807) is 11.5 Å². The summed E-state index contributed by atoms with van der Waals surface area (Å²) in [5.74, 6) is 1.18. The van der Waals surface area contributed by atoms with Crippen molar-refractivity contribution in [3.05, 3.63) is 40.8 Å². The molecule has 0 radical (unpaired) electrons. The van der Waals surface area contributed by atoms with Gasteiger partial charge in [0.1, 0.15) is 11.5 Å². The van der Waals surface area contributed by atoms with Gasteiger partial charge in [0.2, 0.25) is 0 Å². The molecule has 1 saturated heterocycles. The van der Waals surface area contributed by atoms with Gasteiger partial charge in [-0.25, -0.2) is 5.53 Å².